The van der Waals surface area contributed by atoms with Gasteiger partial charge in [0, 0.05) is 6.42 Å². The van der Waals surface area contributed by atoms with Crippen LogP contribution in [0.1, 0.15) is 27.2 Å². The van der Waals surface area contributed by atoms with E-state index in [2.05, 4.69) is 0 Å². The van der Waals surface area contributed by atoms with Crippen molar-refractivity contribution in [3.05, 3.63) is 0 Å². The van der Waals surface area contributed by atoms with Crippen LogP contribution in [0, 0.1) is 0 Å². The average Bonchev–Trinajstić information content (AvgIpc) is 2.09. The molecule has 3 heteroatoms. The highest BCUT2D eigenvalue weighted by Gasteiger charge is 2.32. The molecule has 0 aromatic rings. The van der Waals surface area contributed by atoms with Gasteiger partial charge in [-0.15, -0.1) is 0 Å². The SMILES string of the molecule is CC(C)O[C@@H]1O[C@H](C)C[C@H]1O. The van der Waals surface area contributed by atoms with Gasteiger partial charge in [0.15, 0.2) is 6.29 Å². The van der Waals surface area contributed by atoms with E-state index < -0.39 is 12.4 Å². The summed E-state index contributed by atoms with van der Waals surface area (Å²) in [6, 6.07) is 0. The average molecular weight is 160 g/mol. The highest BCUT2D eigenvalue weighted by atomic mass is 16.7. The lowest BCUT2D eigenvalue weighted by Gasteiger charge is -2.17. The lowest BCUT2D eigenvalue weighted by Crippen LogP contribution is -2.27. The van der Waals surface area contributed by atoms with Crippen LogP contribution in [0.2, 0.25) is 0 Å². The zero-order valence-electron chi connectivity index (χ0n) is 7.28. The zero-order valence-corrected chi connectivity index (χ0v) is 7.28. The Hall–Kier alpha value is -0.120. The van der Waals surface area contributed by atoms with Crippen LogP contribution in [-0.4, -0.2) is 29.7 Å². The van der Waals surface area contributed by atoms with Gasteiger partial charge in [-0.3, -0.25) is 0 Å². The number of aliphatic hydroxyl groups excluding tert-OH is 1. The second kappa shape index (κ2) is 3.52. The first-order valence-corrected chi connectivity index (χ1v) is 4.08. The van der Waals surface area contributed by atoms with Crippen LogP contribution in [-0.2, 0) is 9.47 Å². The van der Waals surface area contributed by atoms with Crippen molar-refractivity contribution >= 4 is 0 Å². The molecule has 3 nitrogen and oxygen atoms in total. The number of hydrogen-bond donors (Lipinski definition) is 1. The molecular formula is C8H16O3. The van der Waals surface area contributed by atoms with Gasteiger partial charge >= 0.3 is 0 Å². The summed E-state index contributed by atoms with van der Waals surface area (Å²) in [4.78, 5) is 0. The highest BCUT2D eigenvalue weighted by Crippen LogP contribution is 2.21. The first-order valence-electron chi connectivity index (χ1n) is 4.08. The molecule has 1 aliphatic rings. The molecule has 0 amide bonds. The number of hydrogen-bond acceptors (Lipinski definition) is 3. The summed E-state index contributed by atoms with van der Waals surface area (Å²) >= 11 is 0. The Morgan fingerprint density at radius 2 is 2.18 bits per heavy atom. The smallest absolute Gasteiger partial charge is 0.184 e. The fourth-order valence-corrected chi connectivity index (χ4v) is 1.22. The summed E-state index contributed by atoms with van der Waals surface area (Å²) in [5.41, 5.74) is 0. The Labute approximate surface area is 67.3 Å². The zero-order chi connectivity index (χ0) is 8.43. The quantitative estimate of drug-likeness (QED) is 0.652. The minimum absolute atomic E-state index is 0.111. The summed E-state index contributed by atoms with van der Waals surface area (Å²) < 4.78 is 10.6. The van der Waals surface area contributed by atoms with E-state index in [-0.39, 0.29) is 12.2 Å². The summed E-state index contributed by atoms with van der Waals surface area (Å²) in [6.45, 7) is 5.80. The molecule has 0 aromatic heterocycles. The predicted octanol–water partition coefficient (Wildman–Crippen LogP) is 0.907. The molecular weight excluding hydrogens is 144 g/mol. The number of aliphatic hydroxyl groups is 1. The molecule has 1 aliphatic heterocycles. The fraction of sp³-hybridized carbons (Fsp3) is 1.00. The van der Waals surface area contributed by atoms with Crippen LogP contribution in [0.25, 0.3) is 0 Å². The van der Waals surface area contributed by atoms with Crippen molar-refractivity contribution in [1.29, 1.82) is 0 Å². The first kappa shape index (κ1) is 8.97. The van der Waals surface area contributed by atoms with E-state index >= 15 is 0 Å². The Balaban J connectivity index is 2.34. The summed E-state index contributed by atoms with van der Waals surface area (Å²) in [5.74, 6) is 0. The number of rotatable bonds is 2. The van der Waals surface area contributed by atoms with Gasteiger partial charge in [0.2, 0.25) is 0 Å². The third-order valence-corrected chi connectivity index (χ3v) is 1.66. The van der Waals surface area contributed by atoms with Crippen molar-refractivity contribution in [3.8, 4) is 0 Å². The van der Waals surface area contributed by atoms with Gasteiger partial charge in [0.25, 0.3) is 0 Å². The predicted molar refractivity (Wildman–Crippen MR) is 41.2 cm³/mol. The Morgan fingerprint density at radius 1 is 1.55 bits per heavy atom. The molecule has 1 N–H and O–H groups in total. The lowest BCUT2D eigenvalue weighted by atomic mass is 10.2. The number of ether oxygens (including phenoxy) is 2. The Bertz CT molecular complexity index is 125. The van der Waals surface area contributed by atoms with Gasteiger partial charge in [-0.2, -0.15) is 0 Å². The summed E-state index contributed by atoms with van der Waals surface area (Å²) in [5, 5.41) is 9.36. The van der Waals surface area contributed by atoms with Crippen LogP contribution in [0.4, 0.5) is 0 Å². The van der Waals surface area contributed by atoms with Crippen LogP contribution in [0.5, 0.6) is 0 Å². The van der Waals surface area contributed by atoms with Crippen LogP contribution < -0.4 is 0 Å². The van der Waals surface area contributed by atoms with Crippen molar-refractivity contribution in [3.63, 3.8) is 0 Å². The van der Waals surface area contributed by atoms with Crippen molar-refractivity contribution in [1.82, 2.24) is 0 Å². The van der Waals surface area contributed by atoms with E-state index in [0.717, 1.165) is 0 Å². The molecule has 3 atom stereocenters. The van der Waals surface area contributed by atoms with Crippen LogP contribution in [0.3, 0.4) is 0 Å². The molecule has 0 aliphatic carbocycles. The van der Waals surface area contributed by atoms with Crippen molar-refractivity contribution < 1.29 is 14.6 Å². The van der Waals surface area contributed by atoms with Gasteiger partial charge < -0.3 is 14.6 Å². The molecule has 1 fully saturated rings. The van der Waals surface area contributed by atoms with Gasteiger partial charge in [-0.1, -0.05) is 0 Å². The third-order valence-electron chi connectivity index (χ3n) is 1.66. The monoisotopic (exact) mass is 160 g/mol. The minimum Gasteiger partial charge on any atom is -0.388 e. The molecule has 0 spiro atoms. The largest absolute Gasteiger partial charge is 0.388 e. The Morgan fingerprint density at radius 3 is 2.55 bits per heavy atom. The van der Waals surface area contributed by atoms with E-state index in [1.807, 2.05) is 20.8 Å². The van der Waals surface area contributed by atoms with Gasteiger partial charge in [0.05, 0.1) is 12.2 Å². The van der Waals surface area contributed by atoms with Gasteiger partial charge in [-0.25, -0.2) is 0 Å². The molecule has 1 rings (SSSR count). The Kier molecular flexibility index (Phi) is 2.87. The molecule has 1 heterocycles. The van der Waals surface area contributed by atoms with Gasteiger partial charge in [-0.05, 0) is 20.8 Å². The van der Waals surface area contributed by atoms with E-state index in [4.69, 9.17) is 9.47 Å². The second-order valence-electron chi connectivity index (χ2n) is 3.30. The fourth-order valence-electron chi connectivity index (χ4n) is 1.22. The van der Waals surface area contributed by atoms with E-state index in [1.165, 1.54) is 0 Å². The topological polar surface area (TPSA) is 38.7 Å². The minimum atomic E-state index is -0.451. The second-order valence-corrected chi connectivity index (χ2v) is 3.30. The van der Waals surface area contributed by atoms with Crippen molar-refractivity contribution in [2.75, 3.05) is 0 Å². The molecule has 0 bridgehead atoms. The maximum absolute atomic E-state index is 9.36. The maximum atomic E-state index is 9.36. The standard InChI is InChI=1S/C8H16O3/c1-5(2)10-8-7(9)4-6(3)11-8/h5-9H,4H2,1-3H3/t6-,7-,8-/m1/s1. The summed E-state index contributed by atoms with van der Waals surface area (Å²) in [7, 11) is 0. The van der Waals surface area contributed by atoms with Crippen LogP contribution in [0.15, 0.2) is 0 Å². The van der Waals surface area contributed by atoms with Crippen molar-refractivity contribution in [2.45, 2.75) is 51.8 Å². The molecule has 0 radical (unpaired) electrons. The molecule has 11 heavy (non-hydrogen) atoms. The maximum Gasteiger partial charge on any atom is 0.184 e. The lowest BCUT2D eigenvalue weighted by molar-refractivity contribution is -0.180. The first-order chi connectivity index (χ1) is 5.09. The molecule has 0 aromatic carbocycles. The van der Waals surface area contributed by atoms with E-state index in [0.29, 0.717) is 6.42 Å². The van der Waals surface area contributed by atoms with Crippen molar-refractivity contribution in [2.24, 2.45) is 0 Å². The molecule has 0 saturated carbocycles. The molecule has 1 saturated heterocycles. The molecule has 66 valence electrons. The molecule has 0 unspecified atom stereocenters. The third kappa shape index (κ3) is 2.43. The van der Waals surface area contributed by atoms with Crippen LogP contribution >= 0.6 is 0 Å². The highest BCUT2D eigenvalue weighted by molar-refractivity contribution is 4.73. The summed E-state index contributed by atoms with van der Waals surface area (Å²) in [6.07, 6.45) is 0.0447. The normalized spacial score (nSPS) is 38.5. The van der Waals surface area contributed by atoms with E-state index in [9.17, 15) is 5.11 Å². The van der Waals surface area contributed by atoms with Gasteiger partial charge in [0.1, 0.15) is 6.10 Å². The van der Waals surface area contributed by atoms with E-state index in [1.54, 1.807) is 0 Å².